The van der Waals surface area contributed by atoms with Gasteiger partial charge in [-0.25, -0.2) is 16.8 Å². The summed E-state index contributed by atoms with van der Waals surface area (Å²) in [6.07, 6.45) is 9.73. The lowest BCUT2D eigenvalue weighted by molar-refractivity contribution is 0.100. The lowest BCUT2D eigenvalue weighted by Gasteiger charge is -2.12. The van der Waals surface area contributed by atoms with Gasteiger partial charge >= 0.3 is 0 Å². The Bertz CT molecular complexity index is 1740. The van der Waals surface area contributed by atoms with Crippen LogP contribution in [0.5, 0.6) is 0 Å². The molecule has 2 unspecified atom stereocenters. The molecule has 0 fully saturated rings. The summed E-state index contributed by atoms with van der Waals surface area (Å²) in [5.74, 6) is -0.351. The molecule has 0 spiro atoms. The number of hydrogen-bond donors (Lipinski definition) is 2. The average Bonchev–Trinajstić information content (AvgIpc) is 2.95. The summed E-state index contributed by atoms with van der Waals surface area (Å²) < 4.78 is 73.1. The minimum Gasteiger partial charge on any atom is -0.370 e. The Morgan fingerprint density at radius 3 is 1.43 bits per heavy atom. The molecule has 47 heavy (non-hydrogen) atoms. The van der Waals surface area contributed by atoms with E-state index in [0.717, 1.165) is 63.9 Å². The van der Waals surface area contributed by atoms with Crippen LogP contribution in [0.1, 0.15) is 97.1 Å². The van der Waals surface area contributed by atoms with Crippen LogP contribution < -0.4 is 11.5 Å². The second kappa shape index (κ2) is 19.5. The smallest absolute Gasteiger partial charge is 0.280 e. The van der Waals surface area contributed by atoms with Crippen LogP contribution in [-0.2, 0) is 41.3 Å². The van der Waals surface area contributed by atoms with Crippen molar-refractivity contribution in [3.8, 4) is 0 Å². The van der Waals surface area contributed by atoms with Gasteiger partial charge < -0.3 is 11.5 Å². The zero-order valence-electron chi connectivity index (χ0n) is 27.8. The number of sulfone groups is 2. The van der Waals surface area contributed by atoms with Gasteiger partial charge in [0.05, 0.1) is 41.2 Å². The van der Waals surface area contributed by atoms with Gasteiger partial charge in [0.1, 0.15) is 0 Å². The SMILES string of the molecule is CCCCCCS(=O)c1cc(C)c(C(=O)Cl)cc1S(C)(=O)=O.CCCCCCS(=O)c1cc(C)c(C(=O)N=C(N)N)cc1S(C)(=O)=O. The molecular weight excluding hydrogens is 706 g/mol. The number of aryl methyl sites for hydroxylation is 2. The van der Waals surface area contributed by atoms with Crippen LogP contribution in [0.15, 0.2) is 48.8 Å². The van der Waals surface area contributed by atoms with Crippen molar-refractivity contribution in [2.75, 3.05) is 24.0 Å². The van der Waals surface area contributed by atoms with E-state index in [0.29, 0.717) is 22.6 Å². The number of benzene rings is 2. The number of amides is 1. The Hall–Kier alpha value is -2.46. The van der Waals surface area contributed by atoms with Crippen LogP contribution in [0.2, 0.25) is 0 Å². The Balaban J connectivity index is 0.000000474. The highest BCUT2D eigenvalue weighted by atomic mass is 35.5. The van der Waals surface area contributed by atoms with Crippen molar-refractivity contribution in [3.63, 3.8) is 0 Å². The van der Waals surface area contributed by atoms with Crippen molar-refractivity contribution in [3.05, 3.63) is 46.5 Å². The number of unbranched alkanes of at least 4 members (excludes halogenated alkanes) is 6. The van der Waals surface area contributed by atoms with Crippen LogP contribution in [0, 0.1) is 13.8 Å². The third kappa shape index (κ3) is 13.9. The fraction of sp³-hybridized carbons (Fsp3) is 0.516. The van der Waals surface area contributed by atoms with E-state index in [-0.39, 0.29) is 30.7 Å². The van der Waals surface area contributed by atoms with E-state index in [2.05, 4.69) is 18.8 Å². The first kappa shape index (κ1) is 42.6. The number of carbonyl (C=O) groups excluding carboxylic acids is 2. The normalized spacial score (nSPS) is 12.8. The molecule has 0 bridgehead atoms. The molecule has 1 amide bonds. The van der Waals surface area contributed by atoms with E-state index in [1.165, 1.54) is 24.3 Å². The molecule has 0 radical (unpaired) electrons. The number of halogens is 1. The van der Waals surface area contributed by atoms with Crippen LogP contribution in [0.3, 0.4) is 0 Å². The number of guanidine groups is 1. The molecule has 0 aliphatic rings. The van der Waals surface area contributed by atoms with Gasteiger partial charge in [-0.3, -0.25) is 18.0 Å². The van der Waals surface area contributed by atoms with Gasteiger partial charge in [0.15, 0.2) is 25.6 Å². The fourth-order valence-electron chi connectivity index (χ4n) is 4.42. The molecule has 0 saturated carbocycles. The Kier molecular flexibility index (Phi) is 17.7. The van der Waals surface area contributed by atoms with Crippen LogP contribution in [0.4, 0.5) is 0 Å². The molecular formula is C31H46ClN3O8S4. The highest BCUT2D eigenvalue weighted by Crippen LogP contribution is 2.27. The highest BCUT2D eigenvalue weighted by molar-refractivity contribution is 7.92. The molecule has 0 heterocycles. The first-order valence-electron chi connectivity index (χ1n) is 15.1. The first-order valence-corrected chi connectivity index (χ1v) is 21.9. The molecule has 2 aromatic carbocycles. The van der Waals surface area contributed by atoms with Crippen LogP contribution in [-0.4, -0.2) is 66.4 Å². The quantitative estimate of drug-likeness (QED) is 0.102. The third-order valence-corrected chi connectivity index (χ3v) is 12.6. The van der Waals surface area contributed by atoms with Gasteiger partial charge in [-0.1, -0.05) is 52.4 Å². The van der Waals surface area contributed by atoms with Crippen molar-refractivity contribution in [1.29, 1.82) is 0 Å². The molecule has 2 aromatic rings. The minimum absolute atomic E-state index is 0.0700. The Morgan fingerprint density at radius 1 is 0.702 bits per heavy atom. The maximum absolute atomic E-state index is 12.6. The molecule has 11 nitrogen and oxygen atoms in total. The van der Waals surface area contributed by atoms with E-state index in [4.69, 9.17) is 23.1 Å². The predicted molar refractivity (Wildman–Crippen MR) is 190 cm³/mol. The molecule has 264 valence electrons. The lowest BCUT2D eigenvalue weighted by Crippen LogP contribution is -2.24. The monoisotopic (exact) mass is 751 g/mol. The maximum Gasteiger partial charge on any atom is 0.280 e. The van der Waals surface area contributed by atoms with Crippen molar-refractivity contribution in [2.24, 2.45) is 16.5 Å². The molecule has 0 aromatic heterocycles. The van der Waals surface area contributed by atoms with Crippen LogP contribution >= 0.6 is 11.6 Å². The number of nitrogens with zero attached hydrogens (tertiary/aromatic N) is 1. The zero-order chi connectivity index (χ0) is 36.1. The minimum atomic E-state index is -3.67. The summed E-state index contributed by atoms with van der Waals surface area (Å²) >= 11 is 5.47. The van der Waals surface area contributed by atoms with Gasteiger partial charge in [0.25, 0.3) is 11.1 Å². The summed E-state index contributed by atoms with van der Waals surface area (Å²) in [6, 6.07) is 5.42. The first-order chi connectivity index (χ1) is 21.8. The number of rotatable bonds is 16. The molecule has 2 atom stereocenters. The number of nitrogens with two attached hydrogens (primary N) is 2. The van der Waals surface area contributed by atoms with E-state index in [9.17, 15) is 34.8 Å². The molecule has 0 saturated heterocycles. The van der Waals surface area contributed by atoms with Crippen molar-refractivity contribution in [1.82, 2.24) is 0 Å². The summed E-state index contributed by atoms with van der Waals surface area (Å²) in [5, 5.41) is -0.720. The Morgan fingerprint density at radius 2 is 1.09 bits per heavy atom. The van der Waals surface area contributed by atoms with E-state index in [1.807, 2.05) is 0 Å². The lowest BCUT2D eigenvalue weighted by atomic mass is 10.1. The second-order valence-electron chi connectivity index (χ2n) is 11.1. The number of aliphatic imine (C=N–C) groups is 1. The Labute approximate surface area is 289 Å². The summed E-state index contributed by atoms with van der Waals surface area (Å²) in [7, 11) is -10.1. The molecule has 4 N–H and O–H groups in total. The molecule has 2 rings (SSSR count). The molecule has 16 heteroatoms. The van der Waals surface area contributed by atoms with Crippen molar-refractivity contribution < 1.29 is 34.8 Å². The predicted octanol–water partition coefficient (Wildman–Crippen LogP) is 4.97. The second-order valence-corrected chi connectivity index (χ2v) is 18.5. The van der Waals surface area contributed by atoms with Gasteiger partial charge in [-0.15, -0.1) is 0 Å². The van der Waals surface area contributed by atoms with Gasteiger partial charge in [0, 0.05) is 35.1 Å². The van der Waals surface area contributed by atoms with Gasteiger partial charge in [-0.05, 0) is 73.7 Å². The molecule has 0 aliphatic carbocycles. The van der Waals surface area contributed by atoms with Crippen LogP contribution in [0.25, 0.3) is 0 Å². The van der Waals surface area contributed by atoms with E-state index >= 15 is 0 Å². The third-order valence-electron chi connectivity index (χ3n) is 6.91. The maximum atomic E-state index is 12.6. The zero-order valence-corrected chi connectivity index (χ0v) is 31.8. The van der Waals surface area contributed by atoms with Crippen molar-refractivity contribution in [2.45, 2.75) is 98.6 Å². The topological polar surface area (TPSA) is 201 Å². The highest BCUT2D eigenvalue weighted by Gasteiger charge is 2.23. The average molecular weight is 752 g/mol. The molecule has 0 aliphatic heterocycles. The summed E-state index contributed by atoms with van der Waals surface area (Å²) in [5.41, 5.74) is 11.6. The van der Waals surface area contributed by atoms with Gasteiger partial charge in [0.2, 0.25) is 0 Å². The summed E-state index contributed by atoms with van der Waals surface area (Å²) in [4.78, 5) is 27.2. The number of carbonyl (C=O) groups is 2. The standard InChI is InChI=1S/C16H25N3O4S2.C15H21ClO4S2/c1-4-5-6-7-8-24(21)13-9-11(2)12(15(20)19-16(17)18)10-14(13)25(3,22)23;1-4-5-6-7-8-21(18)13-9-11(2)12(15(16)17)10-14(13)22(3,19)20/h9-10H,4-8H2,1-3H3,(H4,17,18,19,20);9-10H,4-8H2,1-3H3. The van der Waals surface area contributed by atoms with Crippen molar-refractivity contribution >= 4 is 70.0 Å². The largest absolute Gasteiger partial charge is 0.370 e. The van der Waals surface area contributed by atoms with E-state index in [1.54, 1.807) is 13.8 Å². The summed E-state index contributed by atoms with van der Waals surface area (Å²) in [6.45, 7) is 7.44. The van der Waals surface area contributed by atoms with Gasteiger partial charge in [-0.2, -0.15) is 4.99 Å². The van der Waals surface area contributed by atoms with E-state index < -0.39 is 58.4 Å². The fourth-order valence-corrected chi connectivity index (χ4v) is 10.2. The number of hydrogen-bond acceptors (Lipinski definition) is 8.